The van der Waals surface area contributed by atoms with E-state index in [1.54, 1.807) is 0 Å². The molecule has 3 aliphatic rings. The van der Waals surface area contributed by atoms with Crippen molar-refractivity contribution in [2.75, 3.05) is 30.3 Å². The van der Waals surface area contributed by atoms with Crippen LogP contribution in [0.25, 0.3) is 0 Å². The van der Waals surface area contributed by atoms with Gasteiger partial charge in [-0.25, -0.2) is 4.79 Å². The van der Waals surface area contributed by atoms with Crippen LogP contribution < -0.4 is 10.6 Å². The van der Waals surface area contributed by atoms with Crippen molar-refractivity contribution in [1.82, 2.24) is 4.90 Å². The highest BCUT2D eigenvalue weighted by atomic mass is 16.6. The molecule has 0 radical (unpaired) electrons. The standard InChI is InChI=1S/C21H31N3O2/c1-20(2,3)26-19(25)24-10-8-21(9-11-24)14-22-17-12-15-6-4-5-7-16(15)13-18(17)23-21/h12-13,22-23H,4-11,14H2,1-3H3. The minimum absolute atomic E-state index is 0.0361. The van der Waals surface area contributed by atoms with Crippen LogP contribution in [0.4, 0.5) is 16.2 Å². The minimum atomic E-state index is -0.436. The number of rotatable bonds is 0. The van der Waals surface area contributed by atoms with Crippen molar-refractivity contribution in [2.45, 2.75) is 70.4 Å². The molecule has 1 aliphatic carbocycles. The number of anilines is 2. The molecule has 0 atom stereocenters. The summed E-state index contributed by atoms with van der Waals surface area (Å²) in [6.07, 6.45) is 6.71. The smallest absolute Gasteiger partial charge is 0.410 e. The quantitative estimate of drug-likeness (QED) is 0.732. The number of hydrogen-bond acceptors (Lipinski definition) is 4. The highest BCUT2D eigenvalue weighted by Crippen LogP contribution is 2.39. The summed E-state index contributed by atoms with van der Waals surface area (Å²) in [4.78, 5) is 14.2. The van der Waals surface area contributed by atoms with Gasteiger partial charge in [-0.05, 0) is 82.6 Å². The Morgan fingerprint density at radius 1 is 1.08 bits per heavy atom. The molecule has 142 valence electrons. The van der Waals surface area contributed by atoms with Gasteiger partial charge in [-0.1, -0.05) is 0 Å². The highest BCUT2D eigenvalue weighted by molar-refractivity contribution is 5.75. The van der Waals surface area contributed by atoms with E-state index in [-0.39, 0.29) is 11.6 Å². The molecule has 5 heteroatoms. The Balaban J connectivity index is 1.43. The molecule has 2 aliphatic heterocycles. The zero-order chi connectivity index (χ0) is 18.4. The van der Waals surface area contributed by atoms with Gasteiger partial charge in [0, 0.05) is 19.6 Å². The highest BCUT2D eigenvalue weighted by Gasteiger charge is 2.39. The van der Waals surface area contributed by atoms with Crippen LogP contribution in [0.3, 0.4) is 0 Å². The number of likely N-dealkylation sites (tertiary alicyclic amines) is 1. The topological polar surface area (TPSA) is 53.6 Å². The molecule has 4 rings (SSSR count). The van der Waals surface area contributed by atoms with Gasteiger partial charge in [-0.2, -0.15) is 0 Å². The lowest BCUT2D eigenvalue weighted by Crippen LogP contribution is -2.56. The third kappa shape index (κ3) is 3.49. The van der Waals surface area contributed by atoms with E-state index in [0.717, 1.165) is 32.5 Å². The summed E-state index contributed by atoms with van der Waals surface area (Å²) >= 11 is 0. The molecule has 0 aromatic heterocycles. The number of carbonyl (C=O) groups excluding carboxylic acids is 1. The lowest BCUT2D eigenvalue weighted by molar-refractivity contribution is 0.0181. The second-order valence-corrected chi connectivity index (χ2v) is 9.10. The van der Waals surface area contributed by atoms with Crippen molar-refractivity contribution in [3.63, 3.8) is 0 Å². The molecule has 0 saturated carbocycles. The zero-order valence-electron chi connectivity index (χ0n) is 16.3. The van der Waals surface area contributed by atoms with Gasteiger partial charge in [0.2, 0.25) is 0 Å². The van der Waals surface area contributed by atoms with Gasteiger partial charge in [-0.3, -0.25) is 0 Å². The third-order valence-electron chi connectivity index (χ3n) is 5.87. The van der Waals surface area contributed by atoms with Gasteiger partial charge >= 0.3 is 6.09 Å². The fourth-order valence-electron chi connectivity index (χ4n) is 4.38. The van der Waals surface area contributed by atoms with Crippen molar-refractivity contribution in [3.05, 3.63) is 23.3 Å². The van der Waals surface area contributed by atoms with Gasteiger partial charge in [0.15, 0.2) is 0 Å². The number of nitrogens with zero attached hydrogens (tertiary/aromatic N) is 1. The van der Waals surface area contributed by atoms with Crippen LogP contribution in [0.5, 0.6) is 0 Å². The first-order valence-electron chi connectivity index (χ1n) is 9.99. The Kier molecular flexibility index (Phi) is 4.28. The summed E-state index contributed by atoms with van der Waals surface area (Å²) in [7, 11) is 0. The summed E-state index contributed by atoms with van der Waals surface area (Å²) in [5.41, 5.74) is 5.10. The Hall–Kier alpha value is -1.91. The molecule has 1 fully saturated rings. The van der Waals surface area contributed by atoms with Crippen molar-refractivity contribution in [3.8, 4) is 0 Å². The number of ether oxygens (including phenoxy) is 1. The van der Waals surface area contributed by atoms with Crippen LogP contribution >= 0.6 is 0 Å². The first kappa shape index (κ1) is 17.5. The number of carbonyl (C=O) groups is 1. The maximum atomic E-state index is 12.3. The summed E-state index contributed by atoms with van der Waals surface area (Å²) in [5.74, 6) is 0. The van der Waals surface area contributed by atoms with Crippen molar-refractivity contribution >= 4 is 17.5 Å². The molecule has 5 nitrogen and oxygen atoms in total. The minimum Gasteiger partial charge on any atom is -0.444 e. The Bertz CT molecular complexity index is 700. The molecule has 1 aromatic rings. The van der Waals surface area contributed by atoms with Gasteiger partial charge in [-0.15, -0.1) is 0 Å². The fraction of sp³-hybridized carbons (Fsp3) is 0.667. The van der Waals surface area contributed by atoms with Crippen LogP contribution in [-0.2, 0) is 17.6 Å². The second-order valence-electron chi connectivity index (χ2n) is 9.10. The Labute approximate surface area is 156 Å². The number of fused-ring (bicyclic) bond motifs is 2. The maximum Gasteiger partial charge on any atom is 0.410 e. The number of benzene rings is 1. The number of aryl methyl sites for hydroxylation is 2. The van der Waals surface area contributed by atoms with E-state index in [1.807, 2.05) is 25.7 Å². The summed E-state index contributed by atoms with van der Waals surface area (Å²) in [6, 6.07) is 4.71. The first-order chi connectivity index (χ1) is 12.3. The lowest BCUT2D eigenvalue weighted by atomic mass is 9.84. The number of nitrogens with one attached hydrogen (secondary N) is 2. The number of hydrogen-bond donors (Lipinski definition) is 2. The van der Waals surface area contributed by atoms with Crippen LogP contribution in [-0.4, -0.2) is 41.8 Å². The summed E-state index contributed by atoms with van der Waals surface area (Å²) in [5, 5.41) is 7.49. The van der Waals surface area contributed by atoms with E-state index >= 15 is 0 Å². The van der Waals surface area contributed by atoms with E-state index in [9.17, 15) is 4.79 Å². The van der Waals surface area contributed by atoms with Crippen LogP contribution in [0, 0.1) is 0 Å². The molecule has 1 amide bonds. The molecule has 2 N–H and O–H groups in total. The fourth-order valence-corrected chi connectivity index (χ4v) is 4.38. The predicted octanol–water partition coefficient (Wildman–Crippen LogP) is 4.17. The van der Waals surface area contributed by atoms with E-state index < -0.39 is 5.60 Å². The lowest BCUT2D eigenvalue weighted by Gasteiger charge is -2.46. The molecule has 2 heterocycles. The first-order valence-corrected chi connectivity index (χ1v) is 9.99. The summed E-state index contributed by atoms with van der Waals surface area (Å²) in [6.45, 7) is 8.15. The zero-order valence-corrected chi connectivity index (χ0v) is 16.3. The van der Waals surface area contributed by atoms with Crippen molar-refractivity contribution in [1.29, 1.82) is 0 Å². The number of piperidine rings is 1. The molecule has 1 aromatic carbocycles. The van der Waals surface area contributed by atoms with Crippen molar-refractivity contribution < 1.29 is 9.53 Å². The Morgan fingerprint density at radius 3 is 2.31 bits per heavy atom. The molecule has 1 saturated heterocycles. The molecular weight excluding hydrogens is 326 g/mol. The molecule has 0 bridgehead atoms. The van der Waals surface area contributed by atoms with E-state index in [4.69, 9.17) is 4.74 Å². The molecule has 0 unspecified atom stereocenters. The average Bonchev–Trinajstić information content (AvgIpc) is 2.59. The monoisotopic (exact) mass is 357 g/mol. The molecule has 26 heavy (non-hydrogen) atoms. The van der Waals surface area contributed by atoms with E-state index in [2.05, 4.69) is 22.8 Å². The summed E-state index contributed by atoms with van der Waals surface area (Å²) < 4.78 is 5.52. The normalized spacial score (nSPS) is 21.3. The van der Waals surface area contributed by atoms with Crippen LogP contribution in [0.2, 0.25) is 0 Å². The van der Waals surface area contributed by atoms with E-state index in [1.165, 1.54) is 48.2 Å². The van der Waals surface area contributed by atoms with Gasteiger partial charge < -0.3 is 20.3 Å². The largest absolute Gasteiger partial charge is 0.444 e. The molecule has 1 spiro atoms. The van der Waals surface area contributed by atoms with Crippen molar-refractivity contribution in [2.24, 2.45) is 0 Å². The Morgan fingerprint density at radius 2 is 1.69 bits per heavy atom. The second kappa shape index (κ2) is 6.36. The van der Waals surface area contributed by atoms with Crippen LogP contribution in [0.15, 0.2) is 12.1 Å². The van der Waals surface area contributed by atoms with Gasteiger partial charge in [0.05, 0.1) is 16.9 Å². The van der Waals surface area contributed by atoms with Crippen LogP contribution in [0.1, 0.15) is 57.6 Å². The average molecular weight is 357 g/mol. The van der Waals surface area contributed by atoms with E-state index in [0.29, 0.717) is 0 Å². The third-order valence-corrected chi connectivity index (χ3v) is 5.87. The molecular formula is C21H31N3O2. The number of amides is 1. The predicted molar refractivity (Wildman–Crippen MR) is 105 cm³/mol. The van der Waals surface area contributed by atoms with Gasteiger partial charge in [0.1, 0.15) is 5.60 Å². The SMILES string of the molecule is CC(C)(C)OC(=O)N1CCC2(CC1)CNc1cc3c(cc1N2)CCCC3. The maximum absolute atomic E-state index is 12.3. The van der Waals surface area contributed by atoms with Gasteiger partial charge in [0.25, 0.3) is 0 Å².